The van der Waals surface area contributed by atoms with Crippen molar-refractivity contribution in [1.29, 1.82) is 0 Å². The lowest BCUT2D eigenvalue weighted by atomic mass is 10.3. The number of aromatic nitrogens is 2. The molecular formula is C11H18N6O2S. The molecule has 1 aromatic heterocycles. The van der Waals surface area contributed by atoms with Crippen LogP contribution in [0, 0.1) is 17.0 Å². The SMILES string of the molecule is Cc1nc(N)nc(NCCN2CCSCC2)c1[N+](=O)[O-]. The Hall–Kier alpha value is -1.61. The maximum atomic E-state index is 11.1. The largest absolute Gasteiger partial charge is 0.368 e. The van der Waals surface area contributed by atoms with Crippen LogP contribution >= 0.6 is 11.8 Å². The fourth-order valence-corrected chi connectivity index (χ4v) is 3.07. The van der Waals surface area contributed by atoms with Crippen molar-refractivity contribution in [3.63, 3.8) is 0 Å². The molecule has 0 atom stereocenters. The third-order valence-corrected chi connectivity index (χ3v) is 4.02. The van der Waals surface area contributed by atoms with Crippen molar-refractivity contribution < 1.29 is 4.92 Å². The summed E-state index contributed by atoms with van der Waals surface area (Å²) in [5, 5.41) is 14.1. The summed E-state index contributed by atoms with van der Waals surface area (Å²) < 4.78 is 0. The molecule has 1 fully saturated rings. The van der Waals surface area contributed by atoms with Crippen LogP contribution in [0.5, 0.6) is 0 Å². The van der Waals surface area contributed by atoms with Gasteiger partial charge in [0.2, 0.25) is 11.8 Å². The van der Waals surface area contributed by atoms with E-state index in [9.17, 15) is 10.1 Å². The Morgan fingerprint density at radius 2 is 2.15 bits per heavy atom. The standard InChI is InChI=1S/C11H18N6O2S/c1-8-9(17(18)19)10(15-11(12)14-8)13-2-3-16-4-6-20-7-5-16/h2-7H2,1H3,(H3,12,13,14,15). The Labute approximate surface area is 121 Å². The van der Waals surface area contributed by atoms with Crippen molar-refractivity contribution in [2.24, 2.45) is 0 Å². The van der Waals surface area contributed by atoms with Gasteiger partial charge in [0.1, 0.15) is 5.69 Å². The highest BCUT2D eigenvalue weighted by Gasteiger charge is 2.21. The first-order chi connectivity index (χ1) is 9.58. The third kappa shape index (κ3) is 3.70. The molecule has 0 radical (unpaired) electrons. The van der Waals surface area contributed by atoms with Gasteiger partial charge in [0.05, 0.1) is 4.92 Å². The minimum absolute atomic E-state index is 0.0463. The molecule has 2 rings (SSSR count). The highest BCUT2D eigenvalue weighted by molar-refractivity contribution is 7.99. The molecule has 0 bridgehead atoms. The number of nitrogens with one attached hydrogen (secondary N) is 1. The summed E-state index contributed by atoms with van der Waals surface area (Å²) in [6.45, 7) is 5.10. The van der Waals surface area contributed by atoms with E-state index in [4.69, 9.17) is 5.73 Å². The quantitative estimate of drug-likeness (QED) is 0.605. The number of nitrogens with two attached hydrogens (primary N) is 1. The summed E-state index contributed by atoms with van der Waals surface area (Å²) >= 11 is 1.95. The predicted octanol–water partition coefficient (Wildman–Crippen LogP) is 0.736. The number of nitro groups is 1. The van der Waals surface area contributed by atoms with Gasteiger partial charge in [0, 0.05) is 37.7 Å². The second kappa shape index (κ2) is 6.71. The average Bonchev–Trinajstić information content (AvgIpc) is 2.38. The molecule has 9 heteroatoms. The molecule has 0 spiro atoms. The van der Waals surface area contributed by atoms with Crippen LogP contribution in [0.25, 0.3) is 0 Å². The fraction of sp³-hybridized carbons (Fsp3) is 0.636. The van der Waals surface area contributed by atoms with E-state index in [1.54, 1.807) is 6.92 Å². The van der Waals surface area contributed by atoms with Crippen LogP contribution in [-0.2, 0) is 0 Å². The van der Waals surface area contributed by atoms with Crippen molar-refractivity contribution in [3.8, 4) is 0 Å². The first-order valence-corrected chi connectivity index (χ1v) is 7.56. The van der Waals surface area contributed by atoms with Crippen molar-refractivity contribution in [1.82, 2.24) is 14.9 Å². The topological polar surface area (TPSA) is 110 Å². The van der Waals surface area contributed by atoms with Crippen LogP contribution in [-0.4, -0.2) is 57.5 Å². The van der Waals surface area contributed by atoms with Crippen molar-refractivity contribution in [3.05, 3.63) is 15.8 Å². The molecular weight excluding hydrogens is 280 g/mol. The van der Waals surface area contributed by atoms with Crippen LogP contribution in [0.4, 0.5) is 17.5 Å². The first kappa shape index (κ1) is 14.8. The van der Waals surface area contributed by atoms with Gasteiger partial charge >= 0.3 is 5.69 Å². The monoisotopic (exact) mass is 298 g/mol. The second-order valence-electron chi connectivity index (χ2n) is 4.50. The maximum absolute atomic E-state index is 11.1. The van der Waals surface area contributed by atoms with E-state index in [1.165, 1.54) is 0 Å². The summed E-state index contributed by atoms with van der Waals surface area (Å²) in [7, 11) is 0. The molecule has 20 heavy (non-hydrogen) atoms. The van der Waals surface area contributed by atoms with Crippen LogP contribution in [0.3, 0.4) is 0 Å². The van der Waals surface area contributed by atoms with Crippen LogP contribution in [0.2, 0.25) is 0 Å². The van der Waals surface area contributed by atoms with E-state index in [2.05, 4.69) is 20.2 Å². The van der Waals surface area contributed by atoms with Crippen molar-refractivity contribution in [2.45, 2.75) is 6.92 Å². The minimum Gasteiger partial charge on any atom is -0.368 e. The van der Waals surface area contributed by atoms with E-state index in [1.807, 2.05) is 11.8 Å². The Bertz CT molecular complexity index is 492. The van der Waals surface area contributed by atoms with Gasteiger partial charge in [0.25, 0.3) is 0 Å². The molecule has 0 unspecified atom stereocenters. The summed E-state index contributed by atoms with van der Waals surface area (Å²) in [6.07, 6.45) is 0. The van der Waals surface area contributed by atoms with Gasteiger partial charge in [0.15, 0.2) is 0 Å². The lowest BCUT2D eigenvalue weighted by Crippen LogP contribution is -2.36. The normalized spacial score (nSPS) is 16.1. The van der Waals surface area contributed by atoms with Crippen LogP contribution in [0.15, 0.2) is 0 Å². The molecule has 110 valence electrons. The van der Waals surface area contributed by atoms with Gasteiger partial charge in [-0.05, 0) is 6.92 Å². The van der Waals surface area contributed by atoms with Crippen LogP contribution < -0.4 is 11.1 Å². The smallest absolute Gasteiger partial charge is 0.332 e. The fourth-order valence-electron chi connectivity index (χ4n) is 2.09. The van der Waals surface area contributed by atoms with Gasteiger partial charge in [-0.3, -0.25) is 15.0 Å². The van der Waals surface area contributed by atoms with E-state index in [0.29, 0.717) is 6.54 Å². The molecule has 0 saturated carbocycles. The minimum atomic E-state index is -0.478. The third-order valence-electron chi connectivity index (χ3n) is 3.08. The molecule has 1 aliphatic rings. The maximum Gasteiger partial charge on any atom is 0.332 e. The molecule has 3 N–H and O–H groups in total. The Morgan fingerprint density at radius 1 is 1.45 bits per heavy atom. The zero-order valence-electron chi connectivity index (χ0n) is 11.3. The summed E-state index contributed by atoms with van der Waals surface area (Å²) in [4.78, 5) is 20.7. The van der Waals surface area contributed by atoms with Gasteiger partial charge in [-0.1, -0.05) is 0 Å². The Kier molecular flexibility index (Phi) is 4.96. The number of hydrogen-bond donors (Lipinski definition) is 2. The Morgan fingerprint density at radius 3 is 2.80 bits per heavy atom. The summed E-state index contributed by atoms with van der Waals surface area (Å²) in [5.41, 5.74) is 5.72. The Balaban J connectivity index is 1.99. The highest BCUT2D eigenvalue weighted by Crippen LogP contribution is 2.25. The number of aryl methyl sites for hydroxylation is 1. The number of thioether (sulfide) groups is 1. The van der Waals surface area contributed by atoms with Gasteiger partial charge in [-0.15, -0.1) is 0 Å². The van der Waals surface area contributed by atoms with Gasteiger partial charge in [-0.25, -0.2) is 4.98 Å². The van der Waals surface area contributed by atoms with E-state index >= 15 is 0 Å². The summed E-state index contributed by atoms with van der Waals surface area (Å²) in [6, 6.07) is 0. The predicted molar refractivity (Wildman–Crippen MR) is 80.1 cm³/mol. The first-order valence-electron chi connectivity index (χ1n) is 6.40. The number of anilines is 2. The molecule has 0 aromatic carbocycles. The molecule has 0 amide bonds. The molecule has 1 aliphatic heterocycles. The van der Waals surface area contributed by atoms with E-state index in [-0.39, 0.29) is 23.1 Å². The van der Waals surface area contributed by atoms with Crippen molar-refractivity contribution in [2.75, 3.05) is 48.7 Å². The zero-order chi connectivity index (χ0) is 14.5. The van der Waals surface area contributed by atoms with Crippen molar-refractivity contribution >= 4 is 29.2 Å². The number of nitrogen functional groups attached to an aromatic ring is 1. The number of nitrogens with zero attached hydrogens (tertiary/aromatic N) is 4. The van der Waals surface area contributed by atoms with Gasteiger partial charge in [-0.2, -0.15) is 16.7 Å². The van der Waals surface area contributed by atoms with Gasteiger partial charge < -0.3 is 11.1 Å². The number of rotatable bonds is 5. The number of hydrogen-bond acceptors (Lipinski definition) is 8. The van der Waals surface area contributed by atoms with E-state index < -0.39 is 4.92 Å². The molecule has 2 heterocycles. The van der Waals surface area contributed by atoms with E-state index in [0.717, 1.165) is 31.1 Å². The zero-order valence-corrected chi connectivity index (χ0v) is 12.2. The highest BCUT2D eigenvalue weighted by atomic mass is 32.2. The molecule has 1 aromatic rings. The van der Waals surface area contributed by atoms with Crippen LogP contribution in [0.1, 0.15) is 5.69 Å². The molecule has 1 saturated heterocycles. The molecule has 0 aliphatic carbocycles. The second-order valence-corrected chi connectivity index (χ2v) is 5.73. The molecule has 8 nitrogen and oxygen atoms in total. The summed E-state index contributed by atoms with van der Waals surface area (Å²) in [5.74, 6) is 2.52. The lowest BCUT2D eigenvalue weighted by Gasteiger charge is -2.26. The lowest BCUT2D eigenvalue weighted by molar-refractivity contribution is -0.385. The average molecular weight is 298 g/mol.